The molecule has 0 unspecified atom stereocenters. The number of aryl methyl sites for hydroxylation is 2. The zero-order valence-electron chi connectivity index (χ0n) is 17.3. The van der Waals surface area contributed by atoms with Crippen molar-refractivity contribution < 1.29 is 9.90 Å². The smallest absolute Gasteiger partial charge is 0.253 e. The van der Waals surface area contributed by atoms with Crippen LogP contribution >= 0.6 is 0 Å². The van der Waals surface area contributed by atoms with E-state index in [-0.39, 0.29) is 5.91 Å². The molecule has 1 saturated heterocycles. The van der Waals surface area contributed by atoms with Crippen molar-refractivity contribution in [2.45, 2.75) is 45.6 Å². The van der Waals surface area contributed by atoms with E-state index in [1.54, 1.807) is 0 Å². The largest absolute Gasteiger partial charge is 0.390 e. The molecule has 1 N–H and O–H groups in total. The molecule has 0 aromatic heterocycles. The van der Waals surface area contributed by atoms with Gasteiger partial charge in [-0.3, -0.25) is 4.79 Å². The number of benzene rings is 2. The van der Waals surface area contributed by atoms with Crippen LogP contribution in [0.5, 0.6) is 0 Å². The Balaban J connectivity index is 1.61. The number of para-hydroxylation sites is 1. The van der Waals surface area contributed by atoms with E-state index in [1.807, 2.05) is 43.0 Å². The van der Waals surface area contributed by atoms with Crippen molar-refractivity contribution in [3.63, 3.8) is 0 Å². The molecule has 3 rings (SSSR count). The van der Waals surface area contributed by atoms with Crippen molar-refractivity contribution in [1.29, 1.82) is 0 Å². The zero-order chi connectivity index (χ0) is 20.1. The topological polar surface area (TPSA) is 43.8 Å². The maximum absolute atomic E-state index is 13.0. The Hall–Kier alpha value is -2.33. The van der Waals surface area contributed by atoms with E-state index in [0.29, 0.717) is 6.42 Å². The molecule has 4 heteroatoms. The first-order chi connectivity index (χ1) is 13.3. The number of hydrogen-bond acceptors (Lipinski definition) is 3. The lowest BCUT2D eigenvalue weighted by Gasteiger charge is -2.25. The van der Waals surface area contributed by atoms with Gasteiger partial charge in [-0.2, -0.15) is 0 Å². The molecule has 28 heavy (non-hydrogen) atoms. The van der Waals surface area contributed by atoms with Crippen LogP contribution in [-0.4, -0.2) is 47.7 Å². The first kappa shape index (κ1) is 20.4. The molecule has 0 bridgehead atoms. The summed E-state index contributed by atoms with van der Waals surface area (Å²) in [5.74, 6) is 0.112. The zero-order valence-corrected chi connectivity index (χ0v) is 17.3. The predicted octanol–water partition coefficient (Wildman–Crippen LogP) is 4.05. The monoisotopic (exact) mass is 380 g/mol. The van der Waals surface area contributed by atoms with Crippen LogP contribution in [0.15, 0.2) is 48.5 Å². The normalized spacial score (nSPS) is 15.4. The molecule has 0 aliphatic carbocycles. The molecule has 1 heterocycles. The number of nitrogens with zero attached hydrogens (tertiary/aromatic N) is 2. The average molecular weight is 381 g/mol. The fourth-order valence-corrected chi connectivity index (χ4v) is 3.73. The summed E-state index contributed by atoms with van der Waals surface area (Å²) in [6.45, 7) is 9.16. The highest BCUT2D eigenvalue weighted by Gasteiger charge is 2.21. The Labute approximate surface area is 168 Å². The van der Waals surface area contributed by atoms with Crippen LogP contribution in [0.1, 0.15) is 48.2 Å². The molecule has 0 radical (unpaired) electrons. The lowest BCUT2D eigenvalue weighted by Crippen LogP contribution is -2.35. The lowest BCUT2D eigenvalue weighted by molar-refractivity contribution is 0.0712. The maximum atomic E-state index is 13.0. The molecular weight excluding hydrogens is 348 g/mol. The Morgan fingerprint density at radius 1 is 1.00 bits per heavy atom. The minimum absolute atomic E-state index is 0.112. The molecule has 1 amide bonds. The van der Waals surface area contributed by atoms with Crippen molar-refractivity contribution in [2.24, 2.45) is 0 Å². The molecule has 2 aromatic rings. The third-order valence-corrected chi connectivity index (χ3v) is 5.47. The number of aliphatic hydroxyl groups is 1. The average Bonchev–Trinajstić information content (AvgIpc) is 2.92. The van der Waals surface area contributed by atoms with Crippen molar-refractivity contribution in [1.82, 2.24) is 4.90 Å². The van der Waals surface area contributed by atoms with Gasteiger partial charge in [0.25, 0.3) is 5.91 Å². The van der Waals surface area contributed by atoms with E-state index in [2.05, 4.69) is 36.1 Å². The minimum atomic E-state index is -0.663. The summed E-state index contributed by atoms with van der Waals surface area (Å²) in [4.78, 5) is 17.3. The highest BCUT2D eigenvalue weighted by molar-refractivity contribution is 5.94. The Kier molecular flexibility index (Phi) is 6.40. The summed E-state index contributed by atoms with van der Waals surface area (Å²) in [5, 5.41) is 9.87. The number of amides is 1. The van der Waals surface area contributed by atoms with E-state index < -0.39 is 5.60 Å². The van der Waals surface area contributed by atoms with Crippen LogP contribution in [0, 0.1) is 6.92 Å². The van der Waals surface area contributed by atoms with Crippen LogP contribution < -0.4 is 4.90 Å². The van der Waals surface area contributed by atoms with Gasteiger partial charge < -0.3 is 14.9 Å². The van der Waals surface area contributed by atoms with Gasteiger partial charge in [-0.1, -0.05) is 30.3 Å². The Morgan fingerprint density at radius 2 is 1.71 bits per heavy atom. The third-order valence-electron chi connectivity index (χ3n) is 5.47. The number of carbonyl (C=O) groups excluding carboxylic acids is 1. The summed E-state index contributed by atoms with van der Waals surface area (Å²) in [7, 11) is 0. The molecule has 4 nitrogen and oxygen atoms in total. The van der Waals surface area contributed by atoms with Gasteiger partial charge in [0.2, 0.25) is 0 Å². The van der Waals surface area contributed by atoms with Crippen LogP contribution in [0.25, 0.3) is 0 Å². The standard InChI is InChI=1S/C24H32N2O2/c1-19-7-4-5-8-22(19)25-15-6-16-26(18-17-25)23(27)21-11-9-20(10-12-21)13-14-24(2,3)28/h4-5,7-12,28H,6,13-18H2,1-3H3. The summed E-state index contributed by atoms with van der Waals surface area (Å²) in [6.07, 6.45) is 2.50. The van der Waals surface area contributed by atoms with Crippen LogP contribution in [-0.2, 0) is 6.42 Å². The Morgan fingerprint density at radius 3 is 2.39 bits per heavy atom. The van der Waals surface area contributed by atoms with Crippen LogP contribution in [0.3, 0.4) is 0 Å². The van der Waals surface area contributed by atoms with Gasteiger partial charge in [-0.05, 0) is 69.4 Å². The summed E-state index contributed by atoms with van der Waals surface area (Å²) < 4.78 is 0. The summed E-state index contributed by atoms with van der Waals surface area (Å²) in [5.41, 5.74) is 3.79. The molecule has 0 saturated carbocycles. The molecule has 150 valence electrons. The van der Waals surface area contributed by atoms with Gasteiger partial charge in [0.1, 0.15) is 0 Å². The fraction of sp³-hybridized carbons (Fsp3) is 0.458. The number of hydrogen-bond donors (Lipinski definition) is 1. The third kappa shape index (κ3) is 5.35. The second-order valence-corrected chi connectivity index (χ2v) is 8.43. The molecule has 0 atom stereocenters. The van der Waals surface area contributed by atoms with Gasteiger partial charge in [0.05, 0.1) is 5.60 Å². The van der Waals surface area contributed by atoms with Gasteiger partial charge in [-0.15, -0.1) is 0 Å². The first-order valence-corrected chi connectivity index (χ1v) is 10.2. The quantitative estimate of drug-likeness (QED) is 0.851. The van der Waals surface area contributed by atoms with Crippen molar-refractivity contribution >= 4 is 11.6 Å². The highest BCUT2D eigenvalue weighted by Crippen LogP contribution is 2.21. The van der Waals surface area contributed by atoms with Crippen molar-refractivity contribution in [3.8, 4) is 0 Å². The maximum Gasteiger partial charge on any atom is 0.253 e. The van der Waals surface area contributed by atoms with Crippen LogP contribution in [0.4, 0.5) is 5.69 Å². The van der Waals surface area contributed by atoms with Gasteiger partial charge >= 0.3 is 0 Å². The summed E-state index contributed by atoms with van der Waals surface area (Å²) in [6, 6.07) is 16.3. The lowest BCUT2D eigenvalue weighted by atomic mass is 9.98. The van der Waals surface area contributed by atoms with Gasteiger partial charge in [0, 0.05) is 37.4 Å². The predicted molar refractivity (Wildman–Crippen MR) is 115 cm³/mol. The molecule has 1 aliphatic heterocycles. The van der Waals surface area contributed by atoms with Gasteiger partial charge in [0.15, 0.2) is 0 Å². The molecule has 1 aliphatic rings. The van der Waals surface area contributed by atoms with Gasteiger partial charge in [-0.25, -0.2) is 0 Å². The fourth-order valence-electron chi connectivity index (χ4n) is 3.73. The van der Waals surface area contributed by atoms with Crippen molar-refractivity contribution in [2.75, 3.05) is 31.1 Å². The molecular formula is C24H32N2O2. The number of carbonyl (C=O) groups is 1. The number of anilines is 1. The van der Waals surface area contributed by atoms with E-state index in [9.17, 15) is 9.90 Å². The minimum Gasteiger partial charge on any atom is -0.390 e. The van der Waals surface area contributed by atoms with E-state index in [1.165, 1.54) is 11.3 Å². The second-order valence-electron chi connectivity index (χ2n) is 8.43. The van der Waals surface area contributed by atoms with Crippen LogP contribution in [0.2, 0.25) is 0 Å². The highest BCUT2D eigenvalue weighted by atomic mass is 16.3. The van der Waals surface area contributed by atoms with Crippen molar-refractivity contribution in [3.05, 3.63) is 65.2 Å². The summed E-state index contributed by atoms with van der Waals surface area (Å²) >= 11 is 0. The molecule has 1 fully saturated rings. The van der Waals surface area contributed by atoms with E-state index in [0.717, 1.165) is 50.1 Å². The van der Waals surface area contributed by atoms with E-state index >= 15 is 0 Å². The first-order valence-electron chi connectivity index (χ1n) is 10.2. The molecule has 0 spiro atoms. The Bertz CT molecular complexity index is 793. The second kappa shape index (κ2) is 8.78. The van der Waals surface area contributed by atoms with E-state index in [4.69, 9.17) is 0 Å². The SMILES string of the molecule is Cc1ccccc1N1CCCN(C(=O)c2ccc(CCC(C)(C)O)cc2)CC1. The number of rotatable bonds is 5. The molecule has 2 aromatic carbocycles.